The Kier molecular flexibility index (Phi) is 7.31. The van der Waals surface area contributed by atoms with E-state index in [1.54, 1.807) is 11.3 Å². The Labute approximate surface area is 156 Å². The lowest BCUT2D eigenvalue weighted by Gasteiger charge is -2.08. The Morgan fingerprint density at radius 1 is 1.15 bits per heavy atom. The lowest BCUT2D eigenvalue weighted by molar-refractivity contribution is -0.139. The molecule has 0 saturated heterocycles. The van der Waals surface area contributed by atoms with E-state index in [0.717, 1.165) is 12.8 Å². The van der Waals surface area contributed by atoms with Crippen molar-refractivity contribution in [2.24, 2.45) is 0 Å². The predicted octanol–water partition coefficient (Wildman–Crippen LogP) is 2.16. The molecule has 1 heterocycles. The standard InChI is InChI=1S/C17H20N2O5S2/c1-24-17(21)12-18-26(22,23)15-9-7-13(8-10-15)19-16(20)6-2-4-14-5-3-11-25-14/h3,5,7-11,18H,2,4,6,12H2,1H3,(H,19,20). The van der Waals surface area contributed by atoms with Crippen molar-refractivity contribution in [1.29, 1.82) is 0 Å². The summed E-state index contributed by atoms with van der Waals surface area (Å²) in [5.74, 6) is -0.805. The summed E-state index contributed by atoms with van der Waals surface area (Å²) in [7, 11) is -2.64. The molecule has 0 fully saturated rings. The number of amides is 1. The molecule has 7 nitrogen and oxygen atoms in total. The van der Waals surface area contributed by atoms with E-state index in [2.05, 4.69) is 14.8 Å². The maximum absolute atomic E-state index is 12.0. The smallest absolute Gasteiger partial charge is 0.320 e. The van der Waals surface area contributed by atoms with Crippen LogP contribution in [-0.2, 0) is 30.8 Å². The van der Waals surface area contributed by atoms with Crippen LogP contribution in [0.5, 0.6) is 0 Å². The molecule has 0 spiro atoms. The average Bonchev–Trinajstić information content (AvgIpc) is 3.13. The summed E-state index contributed by atoms with van der Waals surface area (Å²) in [4.78, 5) is 24.2. The van der Waals surface area contributed by atoms with Crippen LogP contribution >= 0.6 is 11.3 Å². The van der Waals surface area contributed by atoms with Gasteiger partial charge in [-0.05, 0) is 48.6 Å². The first kappa shape index (κ1) is 20.1. The van der Waals surface area contributed by atoms with Crippen LogP contribution in [0.25, 0.3) is 0 Å². The molecule has 1 amide bonds. The first-order valence-electron chi connectivity index (χ1n) is 7.89. The van der Waals surface area contributed by atoms with Crippen molar-refractivity contribution in [2.75, 3.05) is 19.0 Å². The van der Waals surface area contributed by atoms with Crippen molar-refractivity contribution < 1.29 is 22.7 Å². The van der Waals surface area contributed by atoms with E-state index in [1.807, 2.05) is 17.5 Å². The average molecular weight is 396 g/mol. The molecular formula is C17H20N2O5S2. The van der Waals surface area contributed by atoms with Crippen molar-refractivity contribution >= 4 is 38.9 Å². The van der Waals surface area contributed by atoms with E-state index in [4.69, 9.17) is 0 Å². The highest BCUT2D eigenvalue weighted by Crippen LogP contribution is 2.15. The zero-order valence-corrected chi connectivity index (χ0v) is 15.9. The highest BCUT2D eigenvalue weighted by atomic mass is 32.2. The molecule has 2 N–H and O–H groups in total. The number of thiophene rings is 1. The Balaban J connectivity index is 1.84. The molecule has 9 heteroatoms. The Hall–Kier alpha value is -2.23. The highest BCUT2D eigenvalue weighted by molar-refractivity contribution is 7.89. The molecule has 26 heavy (non-hydrogen) atoms. The van der Waals surface area contributed by atoms with Crippen molar-refractivity contribution in [3.63, 3.8) is 0 Å². The van der Waals surface area contributed by atoms with Crippen LogP contribution in [0.1, 0.15) is 17.7 Å². The van der Waals surface area contributed by atoms with Crippen molar-refractivity contribution in [2.45, 2.75) is 24.2 Å². The fraction of sp³-hybridized carbons (Fsp3) is 0.294. The van der Waals surface area contributed by atoms with Crippen LogP contribution in [0.15, 0.2) is 46.7 Å². The zero-order valence-electron chi connectivity index (χ0n) is 14.2. The minimum Gasteiger partial charge on any atom is -0.468 e. The van der Waals surface area contributed by atoms with Gasteiger partial charge >= 0.3 is 5.97 Å². The van der Waals surface area contributed by atoms with Crippen LogP contribution in [0.3, 0.4) is 0 Å². The fourth-order valence-electron chi connectivity index (χ4n) is 2.13. The number of anilines is 1. The van der Waals surface area contributed by atoms with Gasteiger partial charge in [0.15, 0.2) is 0 Å². The number of methoxy groups -OCH3 is 1. The third kappa shape index (κ3) is 6.25. The molecule has 140 valence electrons. The molecule has 1 aromatic carbocycles. The predicted molar refractivity (Wildman–Crippen MR) is 99.5 cm³/mol. The van der Waals surface area contributed by atoms with Gasteiger partial charge in [-0.25, -0.2) is 8.42 Å². The van der Waals surface area contributed by atoms with Gasteiger partial charge in [-0.2, -0.15) is 4.72 Å². The number of esters is 1. The van der Waals surface area contributed by atoms with Gasteiger partial charge in [0.25, 0.3) is 0 Å². The Morgan fingerprint density at radius 2 is 1.88 bits per heavy atom. The molecule has 2 aromatic rings. The van der Waals surface area contributed by atoms with Crippen LogP contribution in [0.4, 0.5) is 5.69 Å². The van der Waals surface area contributed by atoms with E-state index in [9.17, 15) is 18.0 Å². The summed E-state index contributed by atoms with van der Waals surface area (Å²) < 4.78 is 30.6. The van der Waals surface area contributed by atoms with Gasteiger partial charge in [0.1, 0.15) is 6.54 Å². The summed E-state index contributed by atoms with van der Waals surface area (Å²) >= 11 is 1.67. The van der Waals surface area contributed by atoms with Gasteiger partial charge in [-0.1, -0.05) is 6.07 Å². The molecule has 0 aliphatic heterocycles. The number of aryl methyl sites for hydroxylation is 1. The van der Waals surface area contributed by atoms with Crippen LogP contribution in [-0.4, -0.2) is 33.9 Å². The maximum Gasteiger partial charge on any atom is 0.320 e. The number of nitrogens with one attached hydrogen (secondary N) is 2. The summed E-state index contributed by atoms with van der Waals surface area (Å²) in [5, 5.41) is 4.74. The molecule has 0 aliphatic carbocycles. The first-order chi connectivity index (χ1) is 12.4. The quantitative estimate of drug-likeness (QED) is 0.633. The minimum atomic E-state index is -3.81. The largest absolute Gasteiger partial charge is 0.468 e. The monoisotopic (exact) mass is 396 g/mol. The lowest BCUT2D eigenvalue weighted by atomic mass is 10.2. The zero-order chi connectivity index (χ0) is 19.0. The van der Waals surface area contributed by atoms with E-state index < -0.39 is 22.5 Å². The fourth-order valence-corrected chi connectivity index (χ4v) is 3.85. The lowest BCUT2D eigenvalue weighted by Crippen LogP contribution is -2.30. The molecule has 0 aliphatic rings. The normalized spacial score (nSPS) is 11.1. The summed E-state index contributed by atoms with van der Waals surface area (Å²) in [6, 6.07) is 9.75. The number of hydrogen-bond donors (Lipinski definition) is 2. The summed E-state index contributed by atoms with van der Waals surface area (Å²) in [6.45, 7) is -0.443. The van der Waals surface area contributed by atoms with Gasteiger partial charge in [0.05, 0.1) is 12.0 Å². The minimum absolute atomic E-state index is 0.00269. The van der Waals surface area contributed by atoms with E-state index in [-0.39, 0.29) is 10.8 Å². The number of hydrogen-bond acceptors (Lipinski definition) is 6. The number of carbonyl (C=O) groups excluding carboxylic acids is 2. The summed E-state index contributed by atoms with van der Waals surface area (Å²) in [6.07, 6.45) is 1.99. The molecule has 0 atom stereocenters. The topological polar surface area (TPSA) is 102 Å². The van der Waals surface area contributed by atoms with Crippen LogP contribution in [0.2, 0.25) is 0 Å². The van der Waals surface area contributed by atoms with Gasteiger partial charge < -0.3 is 10.1 Å². The second kappa shape index (κ2) is 9.46. The maximum atomic E-state index is 12.0. The van der Waals surface area contributed by atoms with Crippen molar-refractivity contribution in [1.82, 2.24) is 4.72 Å². The Morgan fingerprint density at radius 3 is 2.50 bits per heavy atom. The Bertz CT molecular complexity index is 831. The van der Waals surface area contributed by atoms with Crippen LogP contribution in [0, 0.1) is 0 Å². The molecular weight excluding hydrogens is 376 g/mol. The second-order valence-electron chi connectivity index (χ2n) is 5.41. The van der Waals surface area contributed by atoms with E-state index >= 15 is 0 Å². The third-order valence-corrected chi connectivity index (χ3v) is 5.84. The number of rotatable bonds is 9. The van der Waals surface area contributed by atoms with Gasteiger partial charge in [0.2, 0.25) is 15.9 Å². The second-order valence-corrected chi connectivity index (χ2v) is 8.21. The van der Waals surface area contributed by atoms with Crippen molar-refractivity contribution in [3.8, 4) is 0 Å². The molecule has 1 aromatic heterocycles. The highest BCUT2D eigenvalue weighted by Gasteiger charge is 2.15. The van der Waals surface area contributed by atoms with Gasteiger partial charge in [-0.15, -0.1) is 11.3 Å². The molecule has 0 saturated carbocycles. The first-order valence-corrected chi connectivity index (χ1v) is 10.3. The van der Waals surface area contributed by atoms with E-state index in [0.29, 0.717) is 12.1 Å². The molecule has 2 rings (SSSR count). The van der Waals surface area contributed by atoms with Crippen molar-refractivity contribution in [3.05, 3.63) is 46.7 Å². The number of benzene rings is 1. The molecule has 0 bridgehead atoms. The molecule has 0 radical (unpaired) electrons. The SMILES string of the molecule is COC(=O)CNS(=O)(=O)c1ccc(NC(=O)CCCc2cccs2)cc1. The number of sulfonamides is 1. The van der Waals surface area contributed by atoms with E-state index in [1.165, 1.54) is 36.3 Å². The third-order valence-electron chi connectivity index (χ3n) is 3.49. The molecule has 0 unspecified atom stereocenters. The van der Waals surface area contributed by atoms with Gasteiger partial charge in [0, 0.05) is 17.0 Å². The van der Waals surface area contributed by atoms with Gasteiger partial charge in [-0.3, -0.25) is 9.59 Å². The summed E-state index contributed by atoms with van der Waals surface area (Å²) in [5.41, 5.74) is 0.512. The number of carbonyl (C=O) groups is 2. The number of ether oxygens (including phenoxy) is 1. The van der Waals surface area contributed by atoms with Crippen LogP contribution < -0.4 is 10.0 Å².